The fourth-order valence-electron chi connectivity index (χ4n) is 1.60. The first-order valence-electron chi connectivity index (χ1n) is 6.08. The first-order valence-corrected chi connectivity index (χ1v) is 6.08. The van der Waals surface area contributed by atoms with Crippen LogP contribution in [0.2, 0.25) is 0 Å². The Bertz CT molecular complexity index is 290. The predicted molar refractivity (Wildman–Crippen MR) is 66.7 cm³/mol. The molecule has 1 unspecified atom stereocenters. The summed E-state index contributed by atoms with van der Waals surface area (Å²) >= 11 is 0. The van der Waals surface area contributed by atoms with E-state index in [1.807, 2.05) is 38.1 Å². The molecule has 0 heterocycles. The molecule has 0 spiro atoms. The Kier molecular flexibility index (Phi) is 5.33. The second kappa shape index (κ2) is 6.54. The van der Waals surface area contributed by atoms with Gasteiger partial charge in [-0.25, -0.2) is 0 Å². The molecular weight excluding hydrogens is 200 g/mol. The minimum absolute atomic E-state index is 0.191. The molecule has 1 N–H and O–H groups in total. The zero-order valence-electron chi connectivity index (χ0n) is 10.4. The molecule has 16 heavy (non-hydrogen) atoms. The zero-order valence-corrected chi connectivity index (χ0v) is 10.4. The minimum Gasteiger partial charge on any atom is -0.491 e. The Morgan fingerprint density at radius 1 is 1.19 bits per heavy atom. The summed E-state index contributed by atoms with van der Waals surface area (Å²) < 4.78 is 5.55. The number of rotatable bonds is 6. The lowest BCUT2D eigenvalue weighted by Crippen LogP contribution is -2.05. The van der Waals surface area contributed by atoms with Crippen LogP contribution in [-0.4, -0.2) is 11.2 Å². The van der Waals surface area contributed by atoms with E-state index in [0.717, 1.165) is 30.6 Å². The van der Waals surface area contributed by atoms with Crippen molar-refractivity contribution in [3.63, 3.8) is 0 Å². The number of benzene rings is 1. The van der Waals surface area contributed by atoms with Crippen molar-refractivity contribution in [1.82, 2.24) is 0 Å². The van der Waals surface area contributed by atoms with Crippen LogP contribution in [0.3, 0.4) is 0 Å². The number of aliphatic hydroxyl groups is 1. The summed E-state index contributed by atoms with van der Waals surface area (Å²) in [5.74, 6) is 0.862. The van der Waals surface area contributed by atoms with Crippen molar-refractivity contribution >= 4 is 0 Å². The topological polar surface area (TPSA) is 29.5 Å². The highest BCUT2D eigenvalue weighted by atomic mass is 16.5. The lowest BCUT2D eigenvalue weighted by molar-refractivity contribution is 0.164. The van der Waals surface area contributed by atoms with Gasteiger partial charge in [0.05, 0.1) is 12.2 Å². The standard InChI is InChI=1S/C14H22O2/c1-4-5-6-14(15)12-7-9-13(10-8-12)16-11(2)3/h7-11,14-15H,4-6H2,1-3H3. The van der Waals surface area contributed by atoms with Gasteiger partial charge >= 0.3 is 0 Å². The molecule has 0 saturated carbocycles. The Labute approximate surface area is 98.3 Å². The van der Waals surface area contributed by atoms with Gasteiger partial charge in [0.25, 0.3) is 0 Å². The molecule has 1 atom stereocenters. The lowest BCUT2D eigenvalue weighted by Gasteiger charge is -2.13. The summed E-state index contributed by atoms with van der Waals surface area (Å²) in [7, 11) is 0. The molecule has 0 saturated heterocycles. The highest BCUT2D eigenvalue weighted by Gasteiger charge is 2.06. The van der Waals surface area contributed by atoms with Crippen molar-refractivity contribution in [3.8, 4) is 5.75 Å². The highest BCUT2D eigenvalue weighted by Crippen LogP contribution is 2.22. The van der Waals surface area contributed by atoms with Crippen LogP contribution in [0, 0.1) is 0 Å². The van der Waals surface area contributed by atoms with Gasteiger partial charge in [0.1, 0.15) is 5.75 Å². The van der Waals surface area contributed by atoms with Gasteiger partial charge in [0.2, 0.25) is 0 Å². The molecule has 2 nitrogen and oxygen atoms in total. The van der Waals surface area contributed by atoms with Gasteiger partial charge in [-0.15, -0.1) is 0 Å². The molecule has 1 rings (SSSR count). The largest absolute Gasteiger partial charge is 0.491 e. The average Bonchev–Trinajstić information content (AvgIpc) is 2.26. The minimum atomic E-state index is -0.340. The number of ether oxygens (including phenoxy) is 1. The van der Waals surface area contributed by atoms with E-state index in [-0.39, 0.29) is 12.2 Å². The summed E-state index contributed by atoms with van der Waals surface area (Å²) in [6.07, 6.45) is 2.86. The summed E-state index contributed by atoms with van der Waals surface area (Å²) in [5, 5.41) is 9.88. The second-order valence-electron chi connectivity index (χ2n) is 4.39. The lowest BCUT2D eigenvalue weighted by atomic mass is 10.0. The first-order chi connectivity index (χ1) is 7.63. The highest BCUT2D eigenvalue weighted by molar-refractivity contribution is 5.28. The number of hydrogen-bond acceptors (Lipinski definition) is 2. The molecule has 0 bridgehead atoms. The van der Waals surface area contributed by atoms with Crippen molar-refractivity contribution in [1.29, 1.82) is 0 Å². The zero-order chi connectivity index (χ0) is 12.0. The van der Waals surface area contributed by atoms with E-state index in [1.165, 1.54) is 0 Å². The third-order valence-corrected chi connectivity index (χ3v) is 2.47. The van der Waals surface area contributed by atoms with Gasteiger partial charge in [-0.1, -0.05) is 31.9 Å². The van der Waals surface area contributed by atoms with Gasteiger partial charge in [0.15, 0.2) is 0 Å². The number of hydrogen-bond donors (Lipinski definition) is 1. The fourth-order valence-corrected chi connectivity index (χ4v) is 1.60. The molecule has 0 aromatic heterocycles. The maximum atomic E-state index is 9.88. The van der Waals surface area contributed by atoms with Crippen LogP contribution in [0.5, 0.6) is 5.75 Å². The van der Waals surface area contributed by atoms with E-state index < -0.39 is 0 Å². The van der Waals surface area contributed by atoms with Crippen molar-refractivity contribution in [2.24, 2.45) is 0 Å². The molecule has 2 heteroatoms. The maximum absolute atomic E-state index is 9.88. The van der Waals surface area contributed by atoms with E-state index in [0.29, 0.717) is 0 Å². The van der Waals surface area contributed by atoms with Gasteiger partial charge in [0, 0.05) is 0 Å². The molecular formula is C14H22O2. The molecule has 1 aromatic carbocycles. The summed E-state index contributed by atoms with van der Waals surface area (Å²) in [6.45, 7) is 6.14. The second-order valence-corrected chi connectivity index (χ2v) is 4.39. The van der Waals surface area contributed by atoms with Crippen LogP contribution < -0.4 is 4.74 Å². The van der Waals surface area contributed by atoms with Gasteiger partial charge in [-0.05, 0) is 38.0 Å². The fraction of sp³-hybridized carbons (Fsp3) is 0.571. The quantitative estimate of drug-likeness (QED) is 0.795. The maximum Gasteiger partial charge on any atom is 0.119 e. The Hall–Kier alpha value is -1.02. The molecule has 90 valence electrons. The molecule has 0 aliphatic heterocycles. The van der Waals surface area contributed by atoms with Gasteiger partial charge in [-0.3, -0.25) is 0 Å². The molecule has 0 aliphatic carbocycles. The number of unbranched alkanes of at least 4 members (excludes halogenated alkanes) is 1. The van der Waals surface area contributed by atoms with Crippen LogP contribution in [0.4, 0.5) is 0 Å². The van der Waals surface area contributed by atoms with E-state index >= 15 is 0 Å². The summed E-state index contributed by atoms with van der Waals surface area (Å²) in [5.41, 5.74) is 0.976. The van der Waals surface area contributed by atoms with Crippen LogP contribution in [0.1, 0.15) is 51.7 Å². The molecule has 1 aromatic rings. The molecule has 0 aliphatic rings. The van der Waals surface area contributed by atoms with Gasteiger partial charge in [-0.2, -0.15) is 0 Å². The van der Waals surface area contributed by atoms with Crippen LogP contribution >= 0.6 is 0 Å². The van der Waals surface area contributed by atoms with E-state index in [4.69, 9.17) is 4.74 Å². The van der Waals surface area contributed by atoms with E-state index in [9.17, 15) is 5.11 Å². The predicted octanol–water partition coefficient (Wildman–Crippen LogP) is 3.70. The molecule has 0 amide bonds. The van der Waals surface area contributed by atoms with E-state index in [1.54, 1.807) is 0 Å². The monoisotopic (exact) mass is 222 g/mol. The third kappa shape index (κ3) is 4.23. The van der Waals surface area contributed by atoms with Gasteiger partial charge < -0.3 is 9.84 Å². The SMILES string of the molecule is CCCCC(O)c1ccc(OC(C)C)cc1. The van der Waals surface area contributed by atoms with Crippen LogP contribution in [-0.2, 0) is 0 Å². The Balaban J connectivity index is 2.56. The summed E-state index contributed by atoms with van der Waals surface area (Å²) in [4.78, 5) is 0. The van der Waals surface area contributed by atoms with Crippen molar-refractivity contribution in [2.45, 2.75) is 52.2 Å². The summed E-state index contributed by atoms with van der Waals surface area (Å²) in [6, 6.07) is 7.73. The Morgan fingerprint density at radius 2 is 1.81 bits per heavy atom. The third-order valence-electron chi connectivity index (χ3n) is 2.47. The van der Waals surface area contributed by atoms with Crippen LogP contribution in [0.25, 0.3) is 0 Å². The van der Waals surface area contributed by atoms with Crippen molar-refractivity contribution in [2.75, 3.05) is 0 Å². The average molecular weight is 222 g/mol. The normalized spacial score (nSPS) is 12.8. The van der Waals surface area contributed by atoms with Crippen LogP contribution in [0.15, 0.2) is 24.3 Å². The Morgan fingerprint density at radius 3 is 2.31 bits per heavy atom. The van der Waals surface area contributed by atoms with Crippen molar-refractivity contribution in [3.05, 3.63) is 29.8 Å². The first kappa shape index (κ1) is 13.0. The molecule has 0 fully saturated rings. The van der Waals surface area contributed by atoms with E-state index in [2.05, 4.69) is 6.92 Å². The van der Waals surface area contributed by atoms with Crippen molar-refractivity contribution < 1.29 is 9.84 Å². The smallest absolute Gasteiger partial charge is 0.119 e. The molecule has 0 radical (unpaired) electrons. The number of aliphatic hydroxyl groups excluding tert-OH is 1.